The Hall–Kier alpha value is -3.70. The summed E-state index contributed by atoms with van der Waals surface area (Å²) in [5.41, 5.74) is 2.22. The second kappa shape index (κ2) is 16.1. The van der Waals surface area contributed by atoms with Crippen molar-refractivity contribution in [1.82, 2.24) is 10.2 Å². The number of benzene rings is 2. The highest BCUT2D eigenvalue weighted by Gasteiger charge is 2.12. The Morgan fingerprint density at radius 3 is 1.76 bits per heavy atom. The van der Waals surface area contributed by atoms with Crippen molar-refractivity contribution in [2.24, 2.45) is 0 Å². The summed E-state index contributed by atoms with van der Waals surface area (Å²) in [5, 5.41) is 11.7. The van der Waals surface area contributed by atoms with E-state index in [9.17, 15) is 9.59 Å². The summed E-state index contributed by atoms with van der Waals surface area (Å²) < 4.78 is 15.6. The number of carbonyl (C=O) groups excluding carboxylic acids is 1. The highest BCUT2D eigenvalue weighted by Crippen LogP contribution is 2.30. The molecule has 8 nitrogen and oxygen atoms in total. The number of nitrogens with one attached hydrogen (secondary N) is 1. The van der Waals surface area contributed by atoms with Crippen LogP contribution in [0, 0.1) is 0 Å². The Bertz CT molecular complexity index is 1410. The van der Waals surface area contributed by atoms with E-state index in [1.807, 2.05) is 66.7 Å². The maximum Gasteiger partial charge on any atom is 0.308 e. The normalized spacial score (nSPS) is 13.1. The fraction of sp³-hybridized carbons (Fsp3) is 0.312. The topological polar surface area (TPSA) is 97.3 Å². The molecule has 0 unspecified atom stereocenters. The maximum atomic E-state index is 12.1. The van der Waals surface area contributed by atoms with Gasteiger partial charge in [0.2, 0.25) is 5.91 Å². The molecule has 1 saturated heterocycles. The van der Waals surface area contributed by atoms with Crippen LogP contribution in [-0.2, 0) is 27.2 Å². The number of carboxylic acids is 1. The SMILES string of the molecule is COc1ccc(-c2ccc(CC(=O)NCCN3CCOCC3)s2)cc1.COc1ccc(-c2ccc(CC(=O)O)s2)cc1. The summed E-state index contributed by atoms with van der Waals surface area (Å²) in [5.74, 6) is 0.945. The summed E-state index contributed by atoms with van der Waals surface area (Å²) in [7, 11) is 3.29. The van der Waals surface area contributed by atoms with Crippen molar-refractivity contribution in [2.75, 3.05) is 53.6 Å². The molecule has 4 aromatic rings. The predicted molar refractivity (Wildman–Crippen MR) is 168 cm³/mol. The van der Waals surface area contributed by atoms with E-state index < -0.39 is 5.97 Å². The van der Waals surface area contributed by atoms with Gasteiger partial charge in [0.15, 0.2) is 0 Å². The number of carboxylic acid groups (broad SMARTS) is 1. The van der Waals surface area contributed by atoms with Gasteiger partial charge in [-0.15, -0.1) is 22.7 Å². The average molecular weight is 609 g/mol. The van der Waals surface area contributed by atoms with Crippen molar-refractivity contribution in [3.05, 3.63) is 82.6 Å². The maximum absolute atomic E-state index is 12.1. The van der Waals surface area contributed by atoms with Crippen LogP contribution >= 0.6 is 22.7 Å². The van der Waals surface area contributed by atoms with Crippen molar-refractivity contribution >= 4 is 34.6 Å². The van der Waals surface area contributed by atoms with Crippen LogP contribution in [0.5, 0.6) is 11.5 Å². The Labute approximate surface area is 254 Å². The zero-order chi connectivity index (χ0) is 29.7. The lowest BCUT2D eigenvalue weighted by atomic mass is 10.2. The van der Waals surface area contributed by atoms with E-state index in [0.717, 1.165) is 70.1 Å². The van der Waals surface area contributed by atoms with Gasteiger partial charge in [-0.2, -0.15) is 0 Å². The van der Waals surface area contributed by atoms with Crippen molar-refractivity contribution in [3.63, 3.8) is 0 Å². The molecule has 42 heavy (non-hydrogen) atoms. The molecule has 3 heterocycles. The molecule has 1 aliphatic heterocycles. The molecule has 10 heteroatoms. The number of carbonyl (C=O) groups is 2. The molecule has 222 valence electrons. The number of hydrogen-bond acceptors (Lipinski definition) is 8. The second-order valence-corrected chi connectivity index (χ2v) is 11.9. The number of aliphatic carboxylic acids is 1. The van der Waals surface area contributed by atoms with Gasteiger partial charge in [0.25, 0.3) is 0 Å². The molecule has 5 rings (SSSR count). The number of amides is 1. The number of rotatable bonds is 11. The molecule has 0 radical (unpaired) electrons. The third-order valence-electron chi connectivity index (χ3n) is 6.59. The van der Waals surface area contributed by atoms with E-state index in [4.69, 9.17) is 19.3 Å². The Kier molecular flexibility index (Phi) is 12.0. The van der Waals surface area contributed by atoms with Crippen LogP contribution in [0.1, 0.15) is 9.75 Å². The summed E-state index contributed by atoms with van der Waals surface area (Å²) in [6.07, 6.45) is 0.519. The van der Waals surface area contributed by atoms with Gasteiger partial charge >= 0.3 is 5.97 Å². The minimum Gasteiger partial charge on any atom is -0.497 e. The lowest BCUT2D eigenvalue weighted by Gasteiger charge is -2.26. The standard InChI is InChI=1S/C19H24N2O3S.C13H12O3S/c1-23-16-4-2-15(3-5-16)18-7-6-17(25-18)14-19(22)20-8-9-21-10-12-24-13-11-21;1-16-10-4-2-9(3-5-10)12-7-6-11(17-12)8-13(14)15/h2-7H,8-14H2,1H3,(H,20,22);2-7H,8H2,1H3,(H,14,15). The van der Waals surface area contributed by atoms with Crippen LogP contribution in [0.25, 0.3) is 20.9 Å². The molecule has 0 spiro atoms. The third-order valence-corrected chi connectivity index (χ3v) is 8.86. The molecule has 2 aromatic carbocycles. The molecule has 1 aliphatic rings. The monoisotopic (exact) mass is 608 g/mol. The fourth-order valence-electron chi connectivity index (χ4n) is 4.31. The molecule has 1 amide bonds. The zero-order valence-electron chi connectivity index (χ0n) is 23.8. The van der Waals surface area contributed by atoms with E-state index in [0.29, 0.717) is 13.0 Å². The van der Waals surface area contributed by atoms with Crippen LogP contribution in [0.4, 0.5) is 0 Å². The van der Waals surface area contributed by atoms with Crippen LogP contribution in [0.15, 0.2) is 72.8 Å². The van der Waals surface area contributed by atoms with Gasteiger partial charge in [0, 0.05) is 45.7 Å². The first-order valence-electron chi connectivity index (χ1n) is 13.7. The smallest absolute Gasteiger partial charge is 0.308 e. The largest absolute Gasteiger partial charge is 0.497 e. The van der Waals surface area contributed by atoms with Gasteiger partial charge in [-0.25, -0.2) is 0 Å². The molecular weight excluding hydrogens is 572 g/mol. The first-order valence-corrected chi connectivity index (χ1v) is 15.3. The lowest BCUT2D eigenvalue weighted by molar-refractivity contribution is -0.136. The minimum absolute atomic E-state index is 0.0800. The van der Waals surface area contributed by atoms with Gasteiger partial charge in [-0.1, -0.05) is 0 Å². The van der Waals surface area contributed by atoms with Crippen LogP contribution < -0.4 is 14.8 Å². The highest BCUT2D eigenvalue weighted by molar-refractivity contribution is 7.15. The number of nitrogens with zero attached hydrogens (tertiary/aromatic N) is 1. The molecule has 0 bridgehead atoms. The molecule has 0 atom stereocenters. The second-order valence-electron chi connectivity index (χ2n) is 9.54. The van der Waals surface area contributed by atoms with Crippen LogP contribution in [0.3, 0.4) is 0 Å². The molecular formula is C32H36N2O6S2. The van der Waals surface area contributed by atoms with Gasteiger partial charge < -0.3 is 24.6 Å². The Morgan fingerprint density at radius 2 is 1.29 bits per heavy atom. The average Bonchev–Trinajstić information content (AvgIpc) is 3.68. The molecule has 2 N–H and O–H groups in total. The van der Waals surface area contributed by atoms with Gasteiger partial charge in [0.1, 0.15) is 11.5 Å². The van der Waals surface area contributed by atoms with Crippen molar-refractivity contribution in [3.8, 4) is 32.4 Å². The van der Waals surface area contributed by atoms with Crippen molar-refractivity contribution < 1.29 is 28.9 Å². The first-order chi connectivity index (χ1) is 20.4. The summed E-state index contributed by atoms with van der Waals surface area (Å²) in [6, 6.07) is 23.6. The first kappa shape index (κ1) is 31.2. The molecule has 0 aliphatic carbocycles. The van der Waals surface area contributed by atoms with Gasteiger partial charge in [0.05, 0.1) is 40.3 Å². The zero-order valence-corrected chi connectivity index (χ0v) is 25.5. The van der Waals surface area contributed by atoms with E-state index >= 15 is 0 Å². The van der Waals surface area contributed by atoms with Crippen LogP contribution in [-0.4, -0.2) is 75.5 Å². The Morgan fingerprint density at radius 1 is 0.786 bits per heavy atom. The summed E-state index contributed by atoms with van der Waals surface area (Å²) in [6.45, 7) is 5.05. The number of methoxy groups -OCH3 is 2. The number of ether oxygens (including phenoxy) is 3. The minimum atomic E-state index is -0.798. The third kappa shape index (κ3) is 9.70. The lowest BCUT2D eigenvalue weighted by Crippen LogP contribution is -2.41. The molecule has 1 fully saturated rings. The van der Waals surface area contributed by atoms with Crippen molar-refractivity contribution in [1.29, 1.82) is 0 Å². The number of morpholine rings is 1. The Balaban J connectivity index is 0.000000208. The quantitative estimate of drug-likeness (QED) is 0.233. The van der Waals surface area contributed by atoms with Gasteiger partial charge in [-0.05, 0) is 83.9 Å². The van der Waals surface area contributed by atoms with E-state index in [1.165, 1.54) is 16.2 Å². The summed E-state index contributed by atoms with van der Waals surface area (Å²) in [4.78, 5) is 29.2. The van der Waals surface area contributed by atoms with Crippen LogP contribution in [0.2, 0.25) is 0 Å². The van der Waals surface area contributed by atoms with E-state index in [-0.39, 0.29) is 12.3 Å². The summed E-state index contributed by atoms with van der Waals surface area (Å²) >= 11 is 3.17. The number of hydrogen-bond donors (Lipinski definition) is 2. The molecule has 0 saturated carbocycles. The fourth-order valence-corrected chi connectivity index (χ4v) is 6.33. The van der Waals surface area contributed by atoms with E-state index in [2.05, 4.69) is 16.3 Å². The predicted octanol–water partition coefficient (Wildman–Crippen LogP) is 5.47. The number of thiophene rings is 2. The molecule has 2 aromatic heterocycles. The van der Waals surface area contributed by atoms with Crippen molar-refractivity contribution in [2.45, 2.75) is 12.8 Å². The van der Waals surface area contributed by atoms with Gasteiger partial charge in [-0.3, -0.25) is 14.5 Å². The highest BCUT2D eigenvalue weighted by atomic mass is 32.1. The van der Waals surface area contributed by atoms with E-state index in [1.54, 1.807) is 25.6 Å².